The number of benzene rings is 1. The number of piperidine rings is 1. The van der Waals surface area contributed by atoms with E-state index < -0.39 is 18.0 Å². The van der Waals surface area contributed by atoms with Gasteiger partial charge in [0.1, 0.15) is 17.4 Å². The highest BCUT2D eigenvalue weighted by atomic mass is 35.5. The molecule has 2 aliphatic rings. The van der Waals surface area contributed by atoms with Gasteiger partial charge in [0.25, 0.3) is 0 Å². The van der Waals surface area contributed by atoms with Gasteiger partial charge in [0.05, 0.1) is 46.4 Å². The zero-order valence-corrected chi connectivity index (χ0v) is 20.4. The van der Waals surface area contributed by atoms with Gasteiger partial charge in [-0.15, -0.1) is 0 Å². The topological polar surface area (TPSA) is 116 Å². The summed E-state index contributed by atoms with van der Waals surface area (Å²) >= 11 is 6.37. The molecule has 0 bridgehead atoms. The van der Waals surface area contributed by atoms with E-state index in [4.69, 9.17) is 11.6 Å². The third kappa shape index (κ3) is 3.99. The number of nitrogens with zero attached hydrogens (tertiary/aromatic N) is 5. The van der Waals surface area contributed by atoms with Gasteiger partial charge in [0.15, 0.2) is 5.82 Å². The second-order valence-electron chi connectivity index (χ2n) is 8.98. The number of thiol groups is 1. The van der Waals surface area contributed by atoms with Gasteiger partial charge in [0.2, 0.25) is 5.95 Å². The summed E-state index contributed by atoms with van der Waals surface area (Å²) in [5.41, 5.74) is 2.72. The quantitative estimate of drug-likeness (QED) is 0.391. The monoisotopic (exact) mass is 508 g/mol. The number of nitrogens with one attached hydrogen (secondary N) is 1. The lowest BCUT2D eigenvalue weighted by atomic mass is 9.93. The number of imidazole rings is 1. The minimum Gasteiger partial charge on any atom is -0.390 e. The number of hydrogen-bond acceptors (Lipinski definition) is 7. The Morgan fingerprint density at radius 1 is 1.35 bits per heavy atom. The first-order chi connectivity index (χ1) is 16.3. The summed E-state index contributed by atoms with van der Waals surface area (Å²) in [5.74, 6) is 0.201. The average molecular weight is 509 g/mol. The fourth-order valence-electron chi connectivity index (χ4n) is 4.95. The molecule has 4 heterocycles. The number of aliphatic hydroxyl groups is 2. The second-order valence-corrected chi connectivity index (χ2v) is 10.1. The Balaban J connectivity index is 1.58. The lowest BCUT2D eigenvalue weighted by Crippen LogP contribution is -2.48. The normalized spacial score (nSPS) is 23.9. The molecule has 2 aromatic heterocycles. The van der Waals surface area contributed by atoms with E-state index in [1.165, 1.54) is 12.3 Å². The molecule has 1 aromatic carbocycles. The Morgan fingerprint density at radius 2 is 2.15 bits per heavy atom. The van der Waals surface area contributed by atoms with Crippen molar-refractivity contribution in [2.24, 2.45) is 0 Å². The van der Waals surface area contributed by atoms with Gasteiger partial charge in [-0.1, -0.05) is 11.6 Å². The van der Waals surface area contributed by atoms with Crippen LogP contribution in [-0.2, 0) is 18.3 Å². The highest BCUT2D eigenvalue weighted by molar-refractivity contribution is 7.63. The molecule has 3 N–H and O–H groups in total. The molecule has 1 saturated heterocycles. The summed E-state index contributed by atoms with van der Waals surface area (Å²) in [6.45, 7) is 4.48. The summed E-state index contributed by atoms with van der Waals surface area (Å²) in [6, 6.07) is 1.14. The van der Waals surface area contributed by atoms with E-state index in [0.29, 0.717) is 42.0 Å². The molecular formula is C22H26ClFN6O3S. The van der Waals surface area contributed by atoms with Crippen molar-refractivity contribution in [2.75, 3.05) is 18.4 Å². The summed E-state index contributed by atoms with van der Waals surface area (Å²) in [5, 5.41) is 24.1. The van der Waals surface area contributed by atoms with Crippen LogP contribution in [-0.4, -0.2) is 63.5 Å². The largest absolute Gasteiger partial charge is 0.390 e. The van der Waals surface area contributed by atoms with Crippen molar-refractivity contribution in [3.63, 3.8) is 0 Å². The van der Waals surface area contributed by atoms with Crippen LogP contribution in [0.15, 0.2) is 12.3 Å². The van der Waals surface area contributed by atoms with E-state index in [1.807, 2.05) is 11.5 Å². The number of hydrogen-bond donors (Lipinski definition) is 4. The van der Waals surface area contributed by atoms with Crippen LogP contribution in [0.2, 0.25) is 5.02 Å². The van der Waals surface area contributed by atoms with Crippen LogP contribution in [0, 0.1) is 5.82 Å². The SMILES string of the molecule is C[C@@H](O)c1nc2c(F)cc(-c3nc(N[C@@H]4CCN([SH]=O)C[C@H]4O)ncc3Cl)c3c2n1[C@@H](C)CC3. The lowest BCUT2D eigenvalue weighted by Gasteiger charge is -2.33. The van der Waals surface area contributed by atoms with Crippen LogP contribution in [0.4, 0.5) is 10.3 Å². The van der Waals surface area contributed by atoms with Gasteiger partial charge < -0.3 is 20.1 Å². The average Bonchev–Trinajstić information content (AvgIpc) is 3.23. The lowest BCUT2D eigenvalue weighted by molar-refractivity contribution is 0.0980. The van der Waals surface area contributed by atoms with Crippen LogP contribution in [0.1, 0.15) is 50.2 Å². The van der Waals surface area contributed by atoms with Crippen LogP contribution < -0.4 is 5.32 Å². The Kier molecular flexibility index (Phi) is 6.32. The zero-order valence-electron chi connectivity index (χ0n) is 18.7. The van der Waals surface area contributed by atoms with Gasteiger partial charge in [-0.25, -0.2) is 27.9 Å². The first-order valence-corrected chi connectivity index (χ1v) is 12.4. The number of aliphatic hydroxyl groups excluding tert-OH is 2. The molecule has 2 aliphatic heterocycles. The standard InChI is InChI=1S/C22H26ClFN6O3S/c1-10-3-4-12-13(7-15(24)19-20(12)30(10)21(27-19)11(2)31)18-14(23)8-25-22(28-18)26-16-5-6-29(34-33)9-17(16)32/h7-8,10-11,16-17,31-32,34H,3-6,9H2,1-2H3,(H,25,26,28)/t10-,11+,16+,17+/m0/s1. The fraction of sp³-hybridized carbons (Fsp3) is 0.500. The fourth-order valence-corrected chi connectivity index (χ4v) is 5.57. The Bertz CT molecular complexity index is 1270. The number of anilines is 1. The third-order valence-corrected chi connectivity index (χ3v) is 7.53. The van der Waals surface area contributed by atoms with E-state index in [-0.39, 0.29) is 47.0 Å². The molecule has 3 aromatic rings. The van der Waals surface area contributed by atoms with E-state index in [1.54, 1.807) is 11.2 Å². The summed E-state index contributed by atoms with van der Waals surface area (Å²) < 4.78 is 29.9. The van der Waals surface area contributed by atoms with Crippen LogP contribution in [0.25, 0.3) is 22.3 Å². The Hall–Kier alpha value is -2.18. The van der Waals surface area contributed by atoms with Gasteiger partial charge >= 0.3 is 0 Å². The van der Waals surface area contributed by atoms with Crippen molar-refractivity contribution < 1.29 is 18.8 Å². The maximum Gasteiger partial charge on any atom is 0.223 e. The zero-order chi connectivity index (χ0) is 24.1. The highest BCUT2D eigenvalue weighted by Gasteiger charge is 2.31. The maximum atomic E-state index is 15.3. The number of rotatable bonds is 5. The molecule has 12 heteroatoms. The van der Waals surface area contributed by atoms with E-state index in [0.717, 1.165) is 12.0 Å². The second kappa shape index (κ2) is 9.12. The molecule has 5 rings (SSSR count). The van der Waals surface area contributed by atoms with Crippen molar-refractivity contribution in [3.8, 4) is 11.3 Å². The molecule has 0 unspecified atom stereocenters. The molecule has 0 saturated carbocycles. The van der Waals surface area contributed by atoms with Gasteiger partial charge in [-0.2, -0.15) is 0 Å². The molecule has 0 amide bonds. The van der Waals surface area contributed by atoms with Crippen molar-refractivity contribution in [1.29, 1.82) is 0 Å². The number of halogens is 2. The molecule has 0 spiro atoms. The molecule has 34 heavy (non-hydrogen) atoms. The van der Waals surface area contributed by atoms with Gasteiger partial charge in [-0.05, 0) is 44.7 Å². The molecular weight excluding hydrogens is 483 g/mol. The van der Waals surface area contributed by atoms with E-state index in [9.17, 15) is 14.4 Å². The summed E-state index contributed by atoms with van der Waals surface area (Å²) in [6.07, 6.45) is 1.93. The first kappa shape index (κ1) is 23.6. The van der Waals surface area contributed by atoms with Crippen molar-refractivity contribution >= 4 is 40.4 Å². The van der Waals surface area contributed by atoms with Gasteiger partial charge in [0, 0.05) is 24.7 Å². The predicted molar refractivity (Wildman–Crippen MR) is 129 cm³/mol. The first-order valence-electron chi connectivity index (χ1n) is 11.3. The molecule has 4 atom stereocenters. The van der Waals surface area contributed by atoms with Crippen LogP contribution >= 0.6 is 11.6 Å². The van der Waals surface area contributed by atoms with Crippen molar-refractivity contribution in [3.05, 3.63) is 34.5 Å². The predicted octanol–water partition coefficient (Wildman–Crippen LogP) is 2.55. The third-order valence-electron chi connectivity index (χ3n) is 6.66. The van der Waals surface area contributed by atoms with Crippen molar-refractivity contribution in [1.82, 2.24) is 23.8 Å². The van der Waals surface area contributed by atoms with E-state index >= 15 is 4.39 Å². The Labute approximate surface area is 204 Å². The molecule has 0 aliphatic carbocycles. The van der Waals surface area contributed by atoms with Crippen molar-refractivity contribution in [2.45, 2.75) is 57.4 Å². The minimum atomic E-state index is -0.832. The molecule has 182 valence electrons. The van der Waals surface area contributed by atoms with E-state index in [2.05, 4.69) is 20.3 Å². The minimum absolute atomic E-state index is 0.0655. The molecule has 0 radical (unpaired) electrons. The van der Waals surface area contributed by atoms with Gasteiger partial charge in [-0.3, -0.25) is 0 Å². The summed E-state index contributed by atoms with van der Waals surface area (Å²) in [7, 11) is 0. The Morgan fingerprint density at radius 3 is 2.85 bits per heavy atom. The van der Waals surface area contributed by atoms with Crippen LogP contribution in [0.3, 0.4) is 0 Å². The van der Waals surface area contributed by atoms with Crippen LogP contribution in [0.5, 0.6) is 0 Å². The maximum absolute atomic E-state index is 15.3. The number of aromatic nitrogens is 4. The summed E-state index contributed by atoms with van der Waals surface area (Å²) in [4.78, 5) is 13.3. The number of aryl methyl sites for hydroxylation is 1. The molecule has 9 nitrogen and oxygen atoms in total. The highest BCUT2D eigenvalue weighted by Crippen LogP contribution is 2.41. The smallest absolute Gasteiger partial charge is 0.223 e. The molecule has 1 fully saturated rings. The number of β-amino-alcohol motifs (C(OH)–C–C–N with tert-alkyl or cyclic N) is 1.